The van der Waals surface area contributed by atoms with E-state index in [2.05, 4.69) is 20.4 Å². The van der Waals surface area contributed by atoms with Crippen LogP contribution in [0.25, 0.3) is 22.3 Å². The first-order valence-electron chi connectivity index (χ1n) is 11.7. The maximum Gasteiger partial charge on any atom is 0.270 e. The van der Waals surface area contributed by atoms with Crippen molar-refractivity contribution >= 4 is 22.7 Å². The van der Waals surface area contributed by atoms with Crippen molar-refractivity contribution in [1.29, 1.82) is 0 Å². The van der Waals surface area contributed by atoms with Crippen LogP contribution in [0.3, 0.4) is 0 Å². The number of carbonyl (C=O) groups is 2. The second-order valence-corrected chi connectivity index (χ2v) is 8.39. The van der Waals surface area contributed by atoms with Crippen LogP contribution >= 0.6 is 0 Å². The second-order valence-electron chi connectivity index (χ2n) is 8.39. The maximum atomic E-state index is 13.2. The number of carbonyl (C=O) groups excluding carboxylic acids is 2. The van der Waals surface area contributed by atoms with Gasteiger partial charge in [0.2, 0.25) is 17.6 Å². The molecule has 4 heterocycles. The van der Waals surface area contributed by atoms with Crippen LogP contribution in [0.15, 0.2) is 47.1 Å². The molecule has 1 aromatic carbocycles. The summed E-state index contributed by atoms with van der Waals surface area (Å²) >= 11 is 0. The molecule has 0 saturated heterocycles. The molecular weight excluding hydrogens is 467 g/mol. The first-order valence-corrected chi connectivity index (χ1v) is 11.7. The Hall–Kier alpha value is -4.28. The Labute approximate surface area is 206 Å². The Morgan fingerprint density at radius 3 is 2.94 bits per heavy atom. The monoisotopic (exact) mass is 492 g/mol. The molecule has 0 unspecified atom stereocenters. The summed E-state index contributed by atoms with van der Waals surface area (Å²) in [6.07, 6.45) is 1.91. The molecule has 1 aliphatic heterocycles. The molecule has 186 valence electrons. The number of hydrogen-bond acceptors (Lipinski definition) is 7. The third kappa shape index (κ3) is 4.64. The Kier molecular flexibility index (Phi) is 6.61. The number of nitrogens with zero attached hydrogens (tertiary/aromatic N) is 5. The number of rotatable bonds is 9. The summed E-state index contributed by atoms with van der Waals surface area (Å²) in [7, 11) is 0. The van der Waals surface area contributed by atoms with E-state index in [-0.39, 0.29) is 24.8 Å². The van der Waals surface area contributed by atoms with E-state index in [1.807, 2.05) is 10.6 Å². The zero-order chi connectivity index (χ0) is 25.1. The number of halogens is 1. The van der Waals surface area contributed by atoms with Gasteiger partial charge in [-0.05, 0) is 24.3 Å². The minimum Gasteiger partial charge on any atom is -0.477 e. The van der Waals surface area contributed by atoms with Crippen LogP contribution < -0.4 is 10.1 Å². The lowest BCUT2D eigenvalue weighted by atomic mass is 10.1. The Bertz CT molecular complexity index is 1410. The first-order chi connectivity index (χ1) is 17.5. The molecule has 3 aromatic heterocycles. The molecule has 5 rings (SSSR count). The van der Waals surface area contributed by atoms with Crippen LogP contribution in [0, 0.1) is 6.92 Å². The molecule has 2 amide bonds. The van der Waals surface area contributed by atoms with Crippen LogP contribution in [0.1, 0.15) is 33.2 Å². The van der Waals surface area contributed by atoms with Crippen molar-refractivity contribution in [1.82, 2.24) is 29.9 Å². The van der Waals surface area contributed by atoms with Crippen LogP contribution in [0.5, 0.6) is 5.88 Å². The number of aryl methyl sites for hydroxylation is 1. The van der Waals surface area contributed by atoms with E-state index in [0.717, 1.165) is 10.9 Å². The van der Waals surface area contributed by atoms with Crippen molar-refractivity contribution in [2.45, 2.75) is 19.9 Å². The molecule has 0 aliphatic carbocycles. The summed E-state index contributed by atoms with van der Waals surface area (Å²) in [5.41, 5.74) is 2.54. The van der Waals surface area contributed by atoms with E-state index in [1.54, 1.807) is 48.4 Å². The van der Waals surface area contributed by atoms with Crippen molar-refractivity contribution in [3.63, 3.8) is 0 Å². The number of aromatic nitrogens is 4. The number of nitrogens with one attached hydrogen (secondary N) is 1. The van der Waals surface area contributed by atoms with Crippen molar-refractivity contribution in [2.24, 2.45) is 0 Å². The Balaban J connectivity index is 1.22. The van der Waals surface area contributed by atoms with Crippen LogP contribution in [0.4, 0.5) is 4.39 Å². The highest BCUT2D eigenvalue weighted by Crippen LogP contribution is 2.29. The van der Waals surface area contributed by atoms with E-state index in [1.165, 1.54) is 0 Å². The number of pyridine rings is 1. The van der Waals surface area contributed by atoms with E-state index in [4.69, 9.17) is 9.26 Å². The molecule has 1 N–H and O–H groups in total. The zero-order valence-electron chi connectivity index (χ0n) is 19.7. The number of hydrogen-bond donors (Lipinski definition) is 1. The third-order valence-electron chi connectivity index (χ3n) is 5.99. The molecule has 0 radical (unpaired) electrons. The highest BCUT2D eigenvalue weighted by atomic mass is 19.1. The summed E-state index contributed by atoms with van der Waals surface area (Å²) in [6.45, 7) is 3.25. The van der Waals surface area contributed by atoms with E-state index in [0.29, 0.717) is 60.6 Å². The highest BCUT2D eigenvalue weighted by molar-refractivity contribution is 6.00. The van der Waals surface area contributed by atoms with Crippen molar-refractivity contribution in [3.05, 3.63) is 59.7 Å². The van der Waals surface area contributed by atoms with Gasteiger partial charge in [0.25, 0.3) is 11.8 Å². The van der Waals surface area contributed by atoms with Crippen LogP contribution in [-0.4, -0.2) is 69.3 Å². The van der Waals surface area contributed by atoms with Crippen molar-refractivity contribution < 1.29 is 23.2 Å². The minimum atomic E-state index is -0.462. The second kappa shape index (κ2) is 10.1. The number of benzene rings is 1. The molecule has 0 saturated carbocycles. The van der Waals surface area contributed by atoms with Gasteiger partial charge in [-0.2, -0.15) is 4.98 Å². The van der Waals surface area contributed by atoms with Gasteiger partial charge >= 0.3 is 0 Å². The highest BCUT2D eigenvalue weighted by Gasteiger charge is 2.27. The lowest BCUT2D eigenvalue weighted by Crippen LogP contribution is -2.44. The fourth-order valence-electron chi connectivity index (χ4n) is 4.24. The zero-order valence-corrected chi connectivity index (χ0v) is 19.7. The van der Waals surface area contributed by atoms with Gasteiger partial charge in [-0.3, -0.25) is 14.0 Å². The third-order valence-corrected chi connectivity index (χ3v) is 5.99. The lowest BCUT2D eigenvalue weighted by molar-refractivity contribution is 0.0701. The van der Waals surface area contributed by atoms with Crippen LogP contribution in [-0.2, 0) is 6.54 Å². The van der Waals surface area contributed by atoms with E-state index < -0.39 is 6.67 Å². The SMILES string of the molecule is Cc1nc(-c2cccc(C(=O)NCCN3CCn4c(cc5c(OCCCF)nccc54)C3=O)c2)no1. The van der Waals surface area contributed by atoms with Crippen molar-refractivity contribution in [3.8, 4) is 17.3 Å². The number of fused-ring (bicyclic) bond motifs is 3. The largest absolute Gasteiger partial charge is 0.477 e. The summed E-state index contributed by atoms with van der Waals surface area (Å²) in [5, 5.41) is 7.49. The summed E-state index contributed by atoms with van der Waals surface area (Å²) in [6, 6.07) is 10.6. The van der Waals surface area contributed by atoms with Gasteiger partial charge in [-0.1, -0.05) is 17.3 Å². The fraction of sp³-hybridized carbons (Fsp3) is 0.320. The topological polar surface area (TPSA) is 115 Å². The predicted molar refractivity (Wildman–Crippen MR) is 129 cm³/mol. The molecule has 4 aromatic rings. The summed E-state index contributed by atoms with van der Waals surface area (Å²) in [4.78, 5) is 36.0. The van der Waals surface area contributed by atoms with Gasteiger partial charge in [0.1, 0.15) is 5.69 Å². The Morgan fingerprint density at radius 1 is 1.25 bits per heavy atom. The van der Waals surface area contributed by atoms with E-state index >= 15 is 0 Å². The number of amides is 2. The predicted octanol–water partition coefficient (Wildman–Crippen LogP) is 3.02. The lowest BCUT2D eigenvalue weighted by Gasteiger charge is -2.28. The first kappa shape index (κ1) is 23.5. The maximum absolute atomic E-state index is 13.2. The molecule has 0 spiro atoms. The fourth-order valence-corrected chi connectivity index (χ4v) is 4.24. The number of alkyl halides is 1. The molecule has 36 heavy (non-hydrogen) atoms. The van der Waals surface area contributed by atoms with Gasteiger partial charge < -0.3 is 24.0 Å². The van der Waals surface area contributed by atoms with Gasteiger partial charge in [-0.15, -0.1) is 0 Å². The molecule has 10 nitrogen and oxygen atoms in total. The smallest absolute Gasteiger partial charge is 0.270 e. The quantitative estimate of drug-likeness (QED) is 0.357. The molecule has 0 atom stereocenters. The number of ether oxygens (including phenoxy) is 1. The van der Waals surface area contributed by atoms with Crippen LogP contribution in [0.2, 0.25) is 0 Å². The van der Waals surface area contributed by atoms with Crippen molar-refractivity contribution in [2.75, 3.05) is 32.9 Å². The molecule has 1 aliphatic rings. The molecule has 11 heteroatoms. The molecule has 0 bridgehead atoms. The minimum absolute atomic E-state index is 0.129. The normalized spacial score (nSPS) is 13.2. The standard InChI is InChI=1S/C25H25FN6O4/c1-16-29-22(30-36-16)17-4-2-5-18(14-17)23(33)27-9-10-31-11-12-32-20-6-8-28-24(35-13-3-7-26)19(20)15-21(32)25(31)34/h2,4-6,8,14-15H,3,7,9-13H2,1H3,(H,27,33). The average molecular weight is 493 g/mol. The van der Waals surface area contributed by atoms with Gasteiger partial charge in [0.05, 0.1) is 24.2 Å². The Morgan fingerprint density at radius 2 is 2.14 bits per heavy atom. The molecule has 0 fully saturated rings. The molecular formula is C25H25FN6O4. The van der Waals surface area contributed by atoms with Gasteiger partial charge in [0.15, 0.2) is 0 Å². The summed E-state index contributed by atoms with van der Waals surface area (Å²) < 4.78 is 25.0. The van der Waals surface area contributed by atoms with Gasteiger partial charge in [0, 0.05) is 56.8 Å². The van der Waals surface area contributed by atoms with Gasteiger partial charge in [-0.25, -0.2) is 4.98 Å². The summed E-state index contributed by atoms with van der Waals surface area (Å²) in [5.74, 6) is 0.880. The van der Waals surface area contributed by atoms with E-state index in [9.17, 15) is 14.0 Å². The average Bonchev–Trinajstić information content (AvgIpc) is 3.50.